The van der Waals surface area contributed by atoms with Crippen LogP contribution in [0.3, 0.4) is 0 Å². The molecule has 0 aliphatic rings. The van der Waals surface area contributed by atoms with Crippen molar-refractivity contribution in [3.05, 3.63) is 81.2 Å². The van der Waals surface area contributed by atoms with E-state index in [4.69, 9.17) is 4.42 Å². The Morgan fingerprint density at radius 2 is 1.89 bits per heavy atom. The van der Waals surface area contributed by atoms with Crippen LogP contribution < -0.4 is 5.63 Å². The fourth-order valence-electron chi connectivity index (χ4n) is 3.10. The second-order valence-electron chi connectivity index (χ2n) is 6.94. The fourth-order valence-corrected chi connectivity index (χ4v) is 4.06. The fraction of sp³-hybridized carbons (Fsp3) is 0.304. The van der Waals surface area contributed by atoms with Gasteiger partial charge in [0.05, 0.1) is 5.75 Å². The summed E-state index contributed by atoms with van der Waals surface area (Å²) < 4.78 is 5.35. The summed E-state index contributed by atoms with van der Waals surface area (Å²) in [6.45, 7) is 4.72. The van der Waals surface area contributed by atoms with Crippen LogP contribution in [0.25, 0.3) is 11.0 Å². The molecule has 146 valence electrons. The number of hydrogen-bond acceptors (Lipinski definition) is 4. The van der Waals surface area contributed by atoms with E-state index in [0.717, 1.165) is 28.5 Å². The third kappa shape index (κ3) is 4.84. The average Bonchev–Trinajstić information content (AvgIpc) is 2.68. The summed E-state index contributed by atoms with van der Waals surface area (Å²) in [4.78, 5) is 26.1. The van der Waals surface area contributed by atoms with Crippen LogP contribution in [0.1, 0.15) is 29.2 Å². The smallest absolute Gasteiger partial charge is 0.336 e. The van der Waals surface area contributed by atoms with E-state index in [0.29, 0.717) is 23.6 Å². The number of nitrogens with zero attached hydrogens (tertiary/aromatic N) is 1. The Hall–Kier alpha value is -2.53. The SMILES string of the molecule is CCc1ccc2c(CSCC(=O)N(C)Cc3ccccc3C)cc(=O)oc2c1. The lowest BCUT2D eigenvalue weighted by molar-refractivity contribution is -0.127. The predicted molar refractivity (Wildman–Crippen MR) is 116 cm³/mol. The number of carbonyl (C=O) groups excluding carboxylic acids is 1. The standard InChI is InChI=1S/C23H25NO3S/c1-4-17-9-10-20-19(12-23(26)27-21(20)11-17)14-28-15-22(25)24(3)13-18-8-6-5-7-16(18)2/h5-12H,4,13-15H2,1-3H3. The monoisotopic (exact) mass is 395 g/mol. The van der Waals surface area contributed by atoms with Gasteiger partial charge < -0.3 is 9.32 Å². The molecule has 4 nitrogen and oxygen atoms in total. The van der Waals surface area contributed by atoms with Crippen LogP contribution in [0.4, 0.5) is 0 Å². The van der Waals surface area contributed by atoms with Crippen molar-refractivity contribution in [3.8, 4) is 0 Å². The summed E-state index contributed by atoms with van der Waals surface area (Å²) in [5.74, 6) is 1.04. The zero-order valence-electron chi connectivity index (χ0n) is 16.5. The third-order valence-corrected chi connectivity index (χ3v) is 5.85. The largest absolute Gasteiger partial charge is 0.423 e. The van der Waals surface area contributed by atoms with Crippen molar-refractivity contribution >= 4 is 28.6 Å². The van der Waals surface area contributed by atoms with Gasteiger partial charge in [-0.25, -0.2) is 4.79 Å². The molecule has 5 heteroatoms. The van der Waals surface area contributed by atoms with E-state index in [-0.39, 0.29) is 11.5 Å². The summed E-state index contributed by atoms with van der Waals surface area (Å²) in [7, 11) is 1.83. The van der Waals surface area contributed by atoms with Crippen molar-refractivity contribution in [2.75, 3.05) is 12.8 Å². The molecule has 2 aromatic carbocycles. The topological polar surface area (TPSA) is 50.5 Å². The Bertz CT molecular complexity index is 1040. The van der Waals surface area contributed by atoms with Gasteiger partial charge in [0.2, 0.25) is 5.91 Å². The number of aryl methyl sites for hydroxylation is 2. The quantitative estimate of drug-likeness (QED) is 0.551. The highest BCUT2D eigenvalue weighted by molar-refractivity contribution is 7.99. The van der Waals surface area contributed by atoms with E-state index >= 15 is 0 Å². The van der Waals surface area contributed by atoms with Crippen molar-refractivity contribution in [2.45, 2.75) is 32.6 Å². The van der Waals surface area contributed by atoms with Gasteiger partial charge in [0.1, 0.15) is 5.58 Å². The highest BCUT2D eigenvalue weighted by atomic mass is 32.2. The van der Waals surface area contributed by atoms with Crippen molar-refractivity contribution in [3.63, 3.8) is 0 Å². The first-order valence-corrected chi connectivity index (χ1v) is 10.5. The van der Waals surface area contributed by atoms with Gasteiger partial charge in [0.15, 0.2) is 0 Å². The van der Waals surface area contributed by atoms with Crippen LogP contribution in [-0.2, 0) is 23.5 Å². The Morgan fingerprint density at radius 1 is 1.11 bits per heavy atom. The molecular weight excluding hydrogens is 370 g/mol. The molecule has 0 bridgehead atoms. The molecule has 0 unspecified atom stereocenters. The molecule has 1 amide bonds. The number of fused-ring (bicyclic) bond motifs is 1. The van der Waals surface area contributed by atoms with Crippen LogP contribution in [0.2, 0.25) is 0 Å². The van der Waals surface area contributed by atoms with Gasteiger partial charge in [-0.2, -0.15) is 0 Å². The second-order valence-corrected chi connectivity index (χ2v) is 7.93. The summed E-state index contributed by atoms with van der Waals surface area (Å²) in [5.41, 5.74) is 4.65. The number of hydrogen-bond donors (Lipinski definition) is 0. The van der Waals surface area contributed by atoms with E-state index < -0.39 is 0 Å². The van der Waals surface area contributed by atoms with Crippen LogP contribution in [0, 0.1) is 6.92 Å². The van der Waals surface area contributed by atoms with Crippen LogP contribution in [0.15, 0.2) is 57.7 Å². The molecule has 0 aliphatic carbocycles. The van der Waals surface area contributed by atoms with E-state index in [9.17, 15) is 9.59 Å². The molecule has 1 aromatic heterocycles. The molecule has 0 radical (unpaired) electrons. The minimum Gasteiger partial charge on any atom is -0.423 e. The van der Waals surface area contributed by atoms with Crippen molar-refractivity contribution in [1.82, 2.24) is 4.90 Å². The zero-order chi connectivity index (χ0) is 20.1. The minimum atomic E-state index is -0.348. The van der Waals surface area contributed by atoms with Gasteiger partial charge >= 0.3 is 5.63 Å². The first-order valence-electron chi connectivity index (χ1n) is 9.39. The molecule has 0 atom stereocenters. The number of amides is 1. The van der Waals surface area contributed by atoms with Crippen LogP contribution in [-0.4, -0.2) is 23.6 Å². The minimum absolute atomic E-state index is 0.0776. The highest BCUT2D eigenvalue weighted by Gasteiger charge is 2.12. The first kappa shape index (κ1) is 20.2. The maximum atomic E-state index is 12.5. The van der Waals surface area contributed by atoms with Crippen molar-refractivity contribution in [2.24, 2.45) is 0 Å². The molecule has 0 spiro atoms. The van der Waals surface area contributed by atoms with E-state index in [1.165, 1.54) is 23.4 Å². The molecule has 0 fully saturated rings. The lowest BCUT2D eigenvalue weighted by Crippen LogP contribution is -2.28. The highest BCUT2D eigenvalue weighted by Crippen LogP contribution is 2.23. The van der Waals surface area contributed by atoms with E-state index in [1.807, 2.05) is 37.4 Å². The molecule has 28 heavy (non-hydrogen) atoms. The molecule has 0 saturated carbocycles. The molecule has 3 rings (SSSR count). The van der Waals surface area contributed by atoms with Crippen LogP contribution in [0.5, 0.6) is 0 Å². The Kier molecular flexibility index (Phi) is 6.57. The lowest BCUT2D eigenvalue weighted by Gasteiger charge is -2.18. The normalized spacial score (nSPS) is 11.0. The molecule has 0 N–H and O–H groups in total. The second kappa shape index (κ2) is 9.11. The van der Waals surface area contributed by atoms with Gasteiger partial charge in [-0.05, 0) is 41.7 Å². The number of benzene rings is 2. The predicted octanol–water partition coefficient (Wildman–Crippen LogP) is 4.56. The number of carbonyl (C=O) groups is 1. The van der Waals surface area contributed by atoms with Crippen molar-refractivity contribution < 1.29 is 9.21 Å². The maximum Gasteiger partial charge on any atom is 0.336 e. The first-order chi connectivity index (χ1) is 13.5. The van der Waals surface area contributed by atoms with Gasteiger partial charge in [0.25, 0.3) is 0 Å². The van der Waals surface area contributed by atoms with E-state index in [2.05, 4.69) is 26.0 Å². The Morgan fingerprint density at radius 3 is 2.64 bits per heavy atom. The number of rotatable bonds is 7. The van der Waals surface area contributed by atoms with Gasteiger partial charge in [0, 0.05) is 30.8 Å². The van der Waals surface area contributed by atoms with Gasteiger partial charge in [-0.15, -0.1) is 11.8 Å². The van der Waals surface area contributed by atoms with Crippen LogP contribution >= 0.6 is 11.8 Å². The summed E-state index contributed by atoms with van der Waals surface area (Å²) in [6.07, 6.45) is 0.889. The van der Waals surface area contributed by atoms with Crippen molar-refractivity contribution in [1.29, 1.82) is 0 Å². The molecular formula is C23H25NO3S. The summed E-state index contributed by atoms with van der Waals surface area (Å²) >= 11 is 1.52. The Labute approximate surface area is 169 Å². The third-order valence-electron chi connectivity index (χ3n) is 4.88. The van der Waals surface area contributed by atoms with Gasteiger partial charge in [-0.3, -0.25) is 4.79 Å². The lowest BCUT2D eigenvalue weighted by atomic mass is 10.1. The molecule has 0 aliphatic heterocycles. The number of thioether (sulfide) groups is 1. The summed E-state index contributed by atoms with van der Waals surface area (Å²) in [6, 6.07) is 15.6. The summed E-state index contributed by atoms with van der Waals surface area (Å²) in [5, 5.41) is 0.935. The zero-order valence-corrected chi connectivity index (χ0v) is 17.3. The van der Waals surface area contributed by atoms with E-state index in [1.54, 1.807) is 4.90 Å². The average molecular weight is 396 g/mol. The molecule has 3 aromatic rings. The molecule has 0 saturated heterocycles. The van der Waals surface area contributed by atoms with Gasteiger partial charge in [-0.1, -0.05) is 43.3 Å². The Balaban J connectivity index is 1.63. The maximum absolute atomic E-state index is 12.5. The molecule has 1 heterocycles.